The molecule has 1 unspecified atom stereocenters. The molecule has 0 bridgehead atoms. The molecule has 0 radical (unpaired) electrons. The van der Waals surface area contributed by atoms with Crippen LogP contribution in [0.5, 0.6) is 0 Å². The van der Waals surface area contributed by atoms with E-state index in [1.807, 2.05) is 0 Å². The van der Waals surface area contributed by atoms with E-state index in [1.165, 1.54) is 5.71 Å². The largest absolute Gasteiger partial charge is 0.331 e. The lowest BCUT2D eigenvalue weighted by molar-refractivity contribution is 0.267. The Kier molecular flexibility index (Phi) is 5.48. The number of hydrogen-bond donors (Lipinski definition) is 0. The van der Waals surface area contributed by atoms with Crippen molar-refractivity contribution in [3.8, 4) is 0 Å². The molecule has 0 N–H and O–H groups in total. The number of halogens is 1. The van der Waals surface area contributed by atoms with Gasteiger partial charge in [-0.05, 0) is 38.9 Å². The number of aliphatic imine (C=N–C) groups is 1. The van der Waals surface area contributed by atoms with Crippen LogP contribution in [-0.4, -0.2) is 35.6 Å². The fourth-order valence-corrected chi connectivity index (χ4v) is 3.83. The summed E-state index contributed by atoms with van der Waals surface area (Å²) in [4.78, 5) is 4.10. The van der Waals surface area contributed by atoms with Gasteiger partial charge in [0.15, 0.2) is 0 Å². The maximum absolute atomic E-state index is 6.27. The van der Waals surface area contributed by atoms with E-state index in [2.05, 4.69) is 37.4 Å². The van der Waals surface area contributed by atoms with Crippen molar-refractivity contribution in [2.24, 2.45) is 4.99 Å². The molecule has 1 aliphatic heterocycles. The highest BCUT2D eigenvalue weighted by Gasteiger charge is 2.23. The Morgan fingerprint density at radius 2 is 1.93 bits per heavy atom. The van der Waals surface area contributed by atoms with E-state index in [0.29, 0.717) is 18.7 Å². The van der Waals surface area contributed by atoms with Crippen LogP contribution < -0.4 is 0 Å². The van der Waals surface area contributed by atoms with Crippen LogP contribution in [0.3, 0.4) is 0 Å². The average Bonchev–Trinajstić information content (AvgIpc) is 2.86. The topological polar surface area (TPSA) is 24.8 Å². The van der Waals surface area contributed by atoms with Gasteiger partial charge >= 0.3 is 0 Å². The molecule has 0 spiro atoms. The molecule has 0 aromatic rings. The summed E-state index contributed by atoms with van der Waals surface area (Å²) < 4.78 is 7.87. The molecule has 0 aromatic carbocycles. The van der Waals surface area contributed by atoms with Crippen LogP contribution >= 0.6 is 18.9 Å². The molecule has 15 heavy (non-hydrogen) atoms. The van der Waals surface area contributed by atoms with E-state index in [9.17, 15) is 0 Å². The first kappa shape index (κ1) is 13.4. The standard InChI is InChI=1S/C10H20ClN2OP/c1-8(2)13(9(3)4)15(11)14-6-5-10-7-12-10/h8-9H,5-7H2,1-4H3. The second kappa shape index (κ2) is 6.15. The summed E-state index contributed by atoms with van der Waals surface area (Å²) in [5.41, 5.74) is 1.26. The molecule has 0 amide bonds. The zero-order valence-electron chi connectivity index (χ0n) is 9.90. The minimum atomic E-state index is -0.975. The highest BCUT2D eigenvalue weighted by Crippen LogP contribution is 2.49. The smallest absolute Gasteiger partial charge is 0.207 e. The lowest BCUT2D eigenvalue weighted by atomic mass is 10.3. The van der Waals surface area contributed by atoms with Crippen LogP contribution in [0.1, 0.15) is 34.1 Å². The predicted molar refractivity (Wildman–Crippen MR) is 67.8 cm³/mol. The Hall–Kier alpha value is 0.310. The maximum Gasteiger partial charge on any atom is 0.207 e. The van der Waals surface area contributed by atoms with E-state index in [1.54, 1.807) is 0 Å². The van der Waals surface area contributed by atoms with Crippen molar-refractivity contribution >= 4 is 24.6 Å². The summed E-state index contributed by atoms with van der Waals surface area (Å²) in [6, 6.07) is 0.846. The van der Waals surface area contributed by atoms with Crippen LogP contribution in [-0.2, 0) is 4.52 Å². The third-order valence-corrected chi connectivity index (χ3v) is 4.71. The second-order valence-electron chi connectivity index (χ2n) is 4.26. The van der Waals surface area contributed by atoms with Crippen molar-refractivity contribution in [1.29, 1.82) is 0 Å². The van der Waals surface area contributed by atoms with Gasteiger partial charge in [-0.3, -0.25) is 4.99 Å². The van der Waals surface area contributed by atoms with Crippen LogP contribution in [0, 0.1) is 0 Å². The van der Waals surface area contributed by atoms with E-state index < -0.39 is 7.65 Å². The van der Waals surface area contributed by atoms with E-state index in [0.717, 1.165) is 13.0 Å². The molecule has 5 heteroatoms. The molecule has 0 aromatic heterocycles. The molecule has 88 valence electrons. The Morgan fingerprint density at radius 3 is 2.33 bits per heavy atom. The van der Waals surface area contributed by atoms with Crippen LogP contribution in [0.2, 0.25) is 0 Å². The third kappa shape index (κ3) is 4.78. The fourth-order valence-electron chi connectivity index (χ4n) is 1.48. The van der Waals surface area contributed by atoms with Crippen molar-refractivity contribution in [1.82, 2.24) is 4.67 Å². The zero-order chi connectivity index (χ0) is 11.4. The first-order valence-electron chi connectivity index (χ1n) is 5.41. The lowest BCUT2D eigenvalue weighted by Crippen LogP contribution is -2.31. The molecule has 3 nitrogen and oxygen atoms in total. The Balaban J connectivity index is 2.27. The lowest BCUT2D eigenvalue weighted by Gasteiger charge is -2.32. The molecule has 1 aliphatic rings. The molecular weight excluding hydrogens is 231 g/mol. The average molecular weight is 251 g/mol. The Bertz CT molecular complexity index is 225. The van der Waals surface area contributed by atoms with Gasteiger partial charge in [-0.2, -0.15) is 0 Å². The summed E-state index contributed by atoms with van der Waals surface area (Å²) in [6.07, 6.45) is 0.940. The first-order chi connectivity index (χ1) is 7.02. The summed E-state index contributed by atoms with van der Waals surface area (Å²) in [5.74, 6) is 0. The minimum absolute atomic E-state index is 0.423. The zero-order valence-corrected chi connectivity index (χ0v) is 11.6. The highest BCUT2D eigenvalue weighted by molar-refractivity contribution is 7.78. The quantitative estimate of drug-likeness (QED) is 0.647. The molecule has 1 heterocycles. The van der Waals surface area contributed by atoms with Crippen LogP contribution in [0.15, 0.2) is 4.99 Å². The molecule has 1 rings (SSSR count). The van der Waals surface area contributed by atoms with Gasteiger partial charge < -0.3 is 4.52 Å². The number of hydrogen-bond acceptors (Lipinski definition) is 3. The monoisotopic (exact) mass is 250 g/mol. The number of nitrogens with zero attached hydrogens (tertiary/aromatic N) is 2. The van der Waals surface area contributed by atoms with E-state index in [4.69, 9.17) is 15.8 Å². The summed E-state index contributed by atoms with van der Waals surface area (Å²) >= 11 is 6.27. The molecule has 1 atom stereocenters. The SMILES string of the molecule is CC(C)N(C(C)C)P(Cl)OCCC1=NC1. The van der Waals surface area contributed by atoms with Gasteiger partial charge in [-0.15, -0.1) is 0 Å². The van der Waals surface area contributed by atoms with Gasteiger partial charge in [0.2, 0.25) is 7.65 Å². The highest BCUT2D eigenvalue weighted by atomic mass is 35.7. The van der Waals surface area contributed by atoms with Gasteiger partial charge in [0.1, 0.15) is 0 Å². The molecule has 0 fully saturated rings. The number of rotatable bonds is 7. The van der Waals surface area contributed by atoms with Crippen molar-refractivity contribution < 1.29 is 4.52 Å². The van der Waals surface area contributed by atoms with Crippen LogP contribution in [0.4, 0.5) is 0 Å². The Labute approximate surface area is 98.5 Å². The minimum Gasteiger partial charge on any atom is -0.331 e. The maximum atomic E-state index is 6.27. The van der Waals surface area contributed by atoms with Crippen molar-refractivity contribution in [2.75, 3.05) is 13.2 Å². The summed E-state index contributed by atoms with van der Waals surface area (Å²) in [7, 11) is -0.975. The predicted octanol–water partition coefficient (Wildman–Crippen LogP) is 3.43. The first-order valence-corrected chi connectivity index (χ1v) is 7.53. The van der Waals surface area contributed by atoms with Gasteiger partial charge in [0, 0.05) is 24.2 Å². The van der Waals surface area contributed by atoms with Gasteiger partial charge in [0.05, 0.1) is 13.2 Å². The van der Waals surface area contributed by atoms with Crippen molar-refractivity contribution in [3.63, 3.8) is 0 Å². The van der Waals surface area contributed by atoms with Gasteiger partial charge in [-0.25, -0.2) is 4.67 Å². The van der Waals surface area contributed by atoms with E-state index in [-0.39, 0.29) is 0 Å². The summed E-state index contributed by atoms with van der Waals surface area (Å²) in [5, 5.41) is 0. The molecular formula is C10H20ClN2OP. The fraction of sp³-hybridized carbons (Fsp3) is 0.900. The van der Waals surface area contributed by atoms with E-state index >= 15 is 0 Å². The molecule has 0 saturated carbocycles. The third-order valence-electron chi connectivity index (χ3n) is 2.21. The molecule has 0 saturated heterocycles. The Morgan fingerprint density at radius 1 is 1.40 bits per heavy atom. The van der Waals surface area contributed by atoms with Crippen molar-refractivity contribution in [3.05, 3.63) is 0 Å². The van der Waals surface area contributed by atoms with Gasteiger partial charge in [-0.1, -0.05) is 0 Å². The second-order valence-corrected chi connectivity index (χ2v) is 6.30. The normalized spacial score (nSPS) is 17.5. The van der Waals surface area contributed by atoms with Crippen LogP contribution in [0.25, 0.3) is 0 Å². The summed E-state index contributed by atoms with van der Waals surface area (Å²) in [6.45, 7) is 10.2. The van der Waals surface area contributed by atoms with Gasteiger partial charge in [0.25, 0.3) is 0 Å². The van der Waals surface area contributed by atoms with Crippen molar-refractivity contribution in [2.45, 2.75) is 46.2 Å². The molecule has 0 aliphatic carbocycles.